The van der Waals surface area contributed by atoms with E-state index in [4.69, 9.17) is 0 Å². The molecule has 0 amide bonds. The van der Waals surface area contributed by atoms with Gasteiger partial charge in [0.15, 0.2) is 17.3 Å². The van der Waals surface area contributed by atoms with E-state index >= 15 is 0 Å². The maximum Gasteiger partial charge on any atom is 0.168 e. The van der Waals surface area contributed by atoms with Gasteiger partial charge in [0.25, 0.3) is 0 Å². The fourth-order valence-electron chi connectivity index (χ4n) is 3.39. The van der Waals surface area contributed by atoms with E-state index < -0.39 is 0 Å². The molecule has 0 radical (unpaired) electrons. The fraction of sp³-hybridized carbons (Fsp3) is 0.400. The minimum atomic E-state index is 0.0149. The number of anilines is 2. The third-order valence-corrected chi connectivity index (χ3v) is 4.37. The van der Waals surface area contributed by atoms with E-state index in [2.05, 4.69) is 10.2 Å². The highest BCUT2D eigenvalue weighted by Crippen LogP contribution is 2.42. The lowest BCUT2D eigenvalue weighted by molar-refractivity contribution is 0.0970. The molecule has 0 aromatic heterocycles. The Morgan fingerprint density at radius 3 is 2.40 bits per heavy atom. The lowest BCUT2D eigenvalue weighted by Gasteiger charge is -2.37. The van der Waals surface area contributed by atoms with Crippen LogP contribution in [0, 0.1) is 0 Å². The Bertz CT molecular complexity index is 676. The number of nitrogens with zero attached hydrogens (tertiary/aromatic N) is 1. The Balaban J connectivity index is 2.08. The minimum Gasteiger partial charge on any atom is -0.383 e. The van der Waals surface area contributed by atoms with E-state index in [1.165, 1.54) is 0 Å². The molecule has 0 aliphatic carbocycles. The van der Waals surface area contributed by atoms with Gasteiger partial charge in [-0.15, -0.1) is 0 Å². The molecule has 0 saturated heterocycles. The standard InChI is InChI=1S/C15H14N2O3/c18-10-1-4-16-14-8(10)7-9-11(19)2-5-17-6-3-12(20)13(14)15(9)17/h7,16H,1-6H2. The van der Waals surface area contributed by atoms with E-state index in [1.54, 1.807) is 6.07 Å². The Kier molecular flexibility index (Phi) is 2.28. The van der Waals surface area contributed by atoms with Crippen LogP contribution in [0.3, 0.4) is 0 Å². The Morgan fingerprint density at radius 2 is 1.60 bits per heavy atom. The van der Waals surface area contributed by atoms with Crippen LogP contribution in [0.2, 0.25) is 0 Å². The van der Waals surface area contributed by atoms with Crippen LogP contribution < -0.4 is 10.2 Å². The molecule has 1 aromatic carbocycles. The highest BCUT2D eigenvalue weighted by Gasteiger charge is 2.36. The van der Waals surface area contributed by atoms with Crippen molar-refractivity contribution in [3.63, 3.8) is 0 Å². The summed E-state index contributed by atoms with van der Waals surface area (Å²) >= 11 is 0. The second-order valence-electron chi connectivity index (χ2n) is 5.50. The predicted octanol–water partition coefficient (Wildman–Crippen LogP) is 1.66. The summed E-state index contributed by atoms with van der Waals surface area (Å²) < 4.78 is 0. The van der Waals surface area contributed by atoms with Crippen LogP contribution in [0.1, 0.15) is 50.3 Å². The maximum atomic E-state index is 12.3. The normalized spacial score (nSPS) is 20.4. The summed E-state index contributed by atoms with van der Waals surface area (Å²) in [6.45, 7) is 1.89. The van der Waals surface area contributed by atoms with Crippen LogP contribution in [-0.4, -0.2) is 37.0 Å². The Labute approximate surface area is 115 Å². The number of ketones is 3. The number of rotatable bonds is 0. The summed E-state index contributed by atoms with van der Waals surface area (Å²) in [6, 6.07) is 1.69. The summed E-state index contributed by atoms with van der Waals surface area (Å²) in [7, 11) is 0. The number of fused-ring (bicyclic) bond motifs is 2. The van der Waals surface area contributed by atoms with Crippen molar-refractivity contribution < 1.29 is 14.4 Å². The zero-order valence-electron chi connectivity index (χ0n) is 11.0. The molecule has 1 aromatic rings. The van der Waals surface area contributed by atoms with Gasteiger partial charge in [-0.25, -0.2) is 0 Å². The zero-order valence-corrected chi connectivity index (χ0v) is 11.0. The molecule has 0 spiro atoms. The van der Waals surface area contributed by atoms with Crippen molar-refractivity contribution >= 4 is 28.7 Å². The van der Waals surface area contributed by atoms with Crippen molar-refractivity contribution in [1.82, 2.24) is 0 Å². The van der Waals surface area contributed by atoms with Crippen molar-refractivity contribution in [1.29, 1.82) is 0 Å². The van der Waals surface area contributed by atoms with Gasteiger partial charge < -0.3 is 10.2 Å². The first-order valence-electron chi connectivity index (χ1n) is 6.96. The maximum absolute atomic E-state index is 12.3. The third kappa shape index (κ3) is 1.40. The molecule has 0 saturated carbocycles. The van der Waals surface area contributed by atoms with Crippen LogP contribution in [0.15, 0.2) is 6.07 Å². The predicted molar refractivity (Wildman–Crippen MR) is 74.0 cm³/mol. The van der Waals surface area contributed by atoms with Crippen molar-refractivity contribution in [2.24, 2.45) is 0 Å². The summed E-state index contributed by atoms with van der Waals surface area (Å²) in [5.41, 5.74) is 3.01. The molecule has 102 valence electrons. The molecule has 0 unspecified atom stereocenters. The van der Waals surface area contributed by atoms with E-state index in [0.29, 0.717) is 61.3 Å². The number of nitrogens with one attached hydrogen (secondary N) is 1. The van der Waals surface area contributed by atoms with Crippen LogP contribution in [0.25, 0.3) is 0 Å². The van der Waals surface area contributed by atoms with Crippen molar-refractivity contribution in [2.45, 2.75) is 19.3 Å². The van der Waals surface area contributed by atoms with Gasteiger partial charge in [0.2, 0.25) is 0 Å². The first-order chi connectivity index (χ1) is 9.66. The van der Waals surface area contributed by atoms with Crippen LogP contribution in [0.5, 0.6) is 0 Å². The summed E-state index contributed by atoms with van der Waals surface area (Å²) in [5, 5.41) is 3.18. The average molecular weight is 270 g/mol. The molecule has 5 heteroatoms. The number of hydrogen-bond donors (Lipinski definition) is 1. The van der Waals surface area contributed by atoms with Gasteiger partial charge in [-0.1, -0.05) is 0 Å². The van der Waals surface area contributed by atoms with Gasteiger partial charge in [-0.05, 0) is 6.07 Å². The van der Waals surface area contributed by atoms with Gasteiger partial charge >= 0.3 is 0 Å². The number of benzene rings is 1. The summed E-state index contributed by atoms with van der Waals surface area (Å²) in [6.07, 6.45) is 1.32. The number of carbonyl (C=O) groups is 3. The number of Topliss-reactive ketones (excluding diaryl/α,β-unsaturated/α-hetero) is 3. The van der Waals surface area contributed by atoms with E-state index in [9.17, 15) is 14.4 Å². The highest BCUT2D eigenvalue weighted by atomic mass is 16.1. The largest absolute Gasteiger partial charge is 0.383 e. The van der Waals surface area contributed by atoms with Gasteiger partial charge in [-0.2, -0.15) is 0 Å². The monoisotopic (exact) mass is 270 g/mol. The molecule has 1 N–H and O–H groups in total. The average Bonchev–Trinajstić information content (AvgIpc) is 2.45. The highest BCUT2D eigenvalue weighted by molar-refractivity contribution is 6.20. The van der Waals surface area contributed by atoms with Crippen molar-refractivity contribution in [2.75, 3.05) is 29.9 Å². The first-order valence-corrected chi connectivity index (χ1v) is 6.96. The van der Waals surface area contributed by atoms with Gasteiger partial charge in [0.1, 0.15) is 0 Å². The van der Waals surface area contributed by atoms with Crippen LogP contribution in [0.4, 0.5) is 11.4 Å². The lowest BCUT2D eigenvalue weighted by Crippen LogP contribution is -2.40. The number of hydrogen-bond acceptors (Lipinski definition) is 5. The Morgan fingerprint density at radius 1 is 0.900 bits per heavy atom. The molecule has 0 atom stereocenters. The molecule has 20 heavy (non-hydrogen) atoms. The second-order valence-corrected chi connectivity index (χ2v) is 5.50. The molecule has 3 aliphatic rings. The molecular formula is C15H14N2O3. The van der Waals surface area contributed by atoms with Gasteiger partial charge in [0, 0.05) is 50.0 Å². The quantitative estimate of drug-likeness (QED) is 0.776. The molecule has 3 heterocycles. The molecular weight excluding hydrogens is 256 g/mol. The van der Waals surface area contributed by atoms with E-state index in [0.717, 1.165) is 5.69 Å². The molecule has 4 rings (SSSR count). The first kappa shape index (κ1) is 11.6. The smallest absolute Gasteiger partial charge is 0.168 e. The van der Waals surface area contributed by atoms with Gasteiger partial charge in [0.05, 0.1) is 16.9 Å². The minimum absolute atomic E-state index is 0.0149. The zero-order chi connectivity index (χ0) is 13.9. The number of carbonyl (C=O) groups excluding carboxylic acids is 3. The molecule has 3 aliphatic heterocycles. The third-order valence-electron chi connectivity index (χ3n) is 4.37. The summed E-state index contributed by atoms with van der Waals surface area (Å²) in [4.78, 5) is 38.7. The molecule has 5 nitrogen and oxygen atoms in total. The lowest BCUT2D eigenvalue weighted by atomic mass is 9.84. The van der Waals surface area contributed by atoms with Crippen LogP contribution >= 0.6 is 0 Å². The molecule has 0 bridgehead atoms. The van der Waals surface area contributed by atoms with E-state index in [1.807, 2.05) is 0 Å². The second kappa shape index (κ2) is 3.91. The van der Waals surface area contributed by atoms with E-state index in [-0.39, 0.29) is 17.3 Å². The topological polar surface area (TPSA) is 66.5 Å². The van der Waals surface area contributed by atoms with Crippen molar-refractivity contribution in [3.8, 4) is 0 Å². The fourth-order valence-corrected chi connectivity index (χ4v) is 3.39. The van der Waals surface area contributed by atoms with Crippen LogP contribution in [-0.2, 0) is 0 Å². The Hall–Kier alpha value is -2.17. The van der Waals surface area contributed by atoms with Crippen molar-refractivity contribution in [3.05, 3.63) is 22.8 Å². The molecule has 0 fully saturated rings. The summed E-state index contributed by atoms with van der Waals surface area (Å²) in [5.74, 6) is 0.0840. The SMILES string of the molecule is O=C1CCNc2c1cc1c3c2C(=O)CCN3CCC1=O. The van der Waals surface area contributed by atoms with Gasteiger partial charge in [-0.3, -0.25) is 14.4 Å².